The summed E-state index contributed by atoms with van der Waals surface area (Å²) in [5.41, 5.74) is -0.888. The lowest BCUT2D eigenvalue weighted by Crippen LogP contribution is -2.37. The van der Waals surface area contributed by atoms with Crippen LogP contribution in [0.1, 0.15) is 18.7 Å². The van der Waals surface area contributed by atoms with Gasteiger partial charge in [-0.1, -0.05) is 41.4 Å². The second-order valence-corrected chi connectivity index (χ2v) is 10.9. The van der Waals surface area contributed by atoms with Gasteiger partial charge in [0.2, 0.25) is 0 Å². The van der Waals surface area contributed by atoms with E-state index in [1.54, 1.807) is 30.3 Å². The van der Waals surface area contributed by atoms with Crippen molar-refractivity contribution in [1.82, 2.24) is 14.6 Å². The molecule has 208 valence electrons. The molecule has 4 atom stereocenters. The Kier molecular flexibility index (Phi) is 9.29. The summed E-state index contributed by atoms with van der Waals surface area (Å²) in [6, 6.07) is 11.4. The molecule has 4 rings (SSSR count). The first-order valence-electron chi connectivity index (χ1n) is 11.6. The smallest absolute Gasteiger partial charge is 0.425 e. The van der Waals surface area contributed by atoms with Gasteiger partial charge in [-0.05, 0) is 38.1 Å². The van der Waals surface area contributed by atoms with E-state index in [0.29, 0.717) is 11.3 Å². The monoisotopic (exact) mass is 599 g/mol. The van der Waals surface area contributed by atoms with Crippen LogP contribution >= 0.6 is 30.9 Å². The van der Waals surface area contributed by atoms with Gasteiger partial charge in [0.1, 0.15) is 24.1 Å². The minimum absolute atomic E-state index is 0.0465. The predicted octanol–water partition coefficient (Wildman–Crippen LogP) is 3.81. The van der Waals surface area contributed by atoms with Gasteiger partial charge in [-0.25, -0.2) is 14.2 Å². The Bertz CT molecular complexity index is 1500. The Morgan fingerprint density at radius 1 is 1.18 bits per heavy atom. The van der Waals surface area contributed by atoms with Crippen LogP contribution in [0.4, 0.5) is 0 Å². The quantitative estimate of drug-likeness (QED) is 0.200. The first kappa shape index (κ1) is 29.0. The van der Waals surface area contributed by atoms with Crippen LogP contribution < -0.4 is 25.6 Å². The van der Waals surface area contributed by atoms with E-state index in [4.69, 9.17) is 46.5 Å². The lowest BCUT2D eigenvalue weighted by atomic mass is 10.3. The molecule has 0 aliphatic carbocycles. The normalized spacial score (nSPS) is 19.3. The highest BCUT2D eigenvalue weighted by Gasteiger charge is 2.36. The number of rotatable bonds is 10. The van der Waals surface area contributed by atoms with E-state index in [0.717, 1.165) is 0 Å². The number of ether oxygens (including phenoxy) is 3. The van der Waals surface area contributed by atoms with E-state index in [-0.39, 0.29) is 22.4 Å². The highest BCUT2D eigenvalue weighted by Crippen LogP contribution is 2.46. The first-order chi connectivity index (χ1) is 18.5. The number of nitrogens with zero attached hydrogens (tertiary/aromatic N) is 1. The molecule has 1 saturated heterocycles. The number of nitrogens with one attached hydrogen (secondary N) is 2. The summed E-state index contributed by atoms with van der Waals surface area (Å²) in [5.74, 6) is -0.405. The molecule has 0 spiro atoms. The van der Waals surface area contributed by atoms with Crippen molar-refractivity contribution in [3.63, 3.8) is 0 Å². The lowest BCUT2D eigenvalue weighted by Gasteiger charge is -2.24. The van der Waals surface area contributed by atoms with Crippen molar-refractivity contribution in [2.75, 3.05) is 13.2 Å². The molecule has 0 saturated carbocycles. The highest BCUT2D eigenvalue weighted by molar-refractivity contribution is 7.52. The zero-order chi connectivity index (χ0) is 28.2. The fraction of sp³-hybridized carbons (Fsp3) is 0.292. The molecule has 2 aromatic carbocycles. The van der Waals surface area contributed by atoms with Gasteiger partial charge in [0.25, 0.3) is 5.56 Å². The van der Waals surface area contributed by atoms with Gasteiger partial charge in [0.05, 0.1) is 16.7 Å². The number of aromatic nitrogens is 2. The third-order valence-electron chi connectivity index (χ3n) is 5.35. The van der Waals surface area contributed by atoms with Crippen LogP contribution in [0.3, 0.4) is 0 Å². The van der Waals surface area contributed by atoms with Crippen LogP contribution in [0, 0.1) is 6.92 Å². The summed E-state index contributed by atoms with van der Waals surface area (Å²) in [5, 5.41) is 2.93. The molecule has 2 heterocycles. The molecule has 1 unspecified atom stereocenters. The first-order valence-corrected chi connectivity index (χ1v) is 13.9. The van der Waals surface area contributed by atoms with E-state index in [9.17, 15) is 18.9 Å². The van der Waals surface area contributed by atoms with Crippen molar-refractivity contribution >= 4 is 36.9 Å². The summed E-state index contributed by atoms with van der Waals surface area (Å²) in [7, 11) is -4.29. The van der Waals surface area contributed by atoms with E-state index in [1.165, 1.54) is 42.8 Å². The minimum atomic E-state index is -4.29. The van der Waals surface area contributed by atoms with Crippen LogP contribution in [0.25, 0.3) is 0 Å². The summed E-state index contributed by atoms with van der Waals surface area (Å²) in [6.07, 6.45) is -0.587. The number of H-pyrrole nitrogens is 1. The van der Waals surface area contributed by atoms with Crippen LogP contribution in [-0.4, -0.2) is 41.1 Å². The molecule has 39 heavy (non-hydrogen) atoms. The molecule has 12 nitrogen and oxygen atoms in total. The SMILES string of the molecule is Cc1cn([C@H]2CO[C@@H](COP(=O)(N[C@@H](C)C(=O)Oc3ccccc3)Oc3ccc(Cl)c(Cl)c3)O2)c(=O)[nH]c1=O. The number of aryl methyl sites for hydroxylation is 1. The molecule has 1 aromatic heterocycles. The van der Waals surface area contributed by atoms with Gasteiger partial charge in [0, 0.05) is 17.8 Å². The number of hydrogen-bond acceptors (Lipinski definition) is 9. The lowest BCUT2D eigenvalue weighted by molar-refractivity contribution is -0.136. The topological polar surface area (TPSA) is 147 Å². The standard InChI is InChI=1S/C24H24Cl2N3O9P/c1-14-11-29(24(32)27-22(14)30)20-12-34-21(37-20)13-35-39(33,38-17-8-9-18(25)19(26)10-17)28-15(2)23(31)36-16-6-4-3-5-7-16/h3-11,15,20-21H,12-13H2,1-2H3,(H,28,33)(H,27,30,32)/t15-,20+,21+,39?/m0/s1. The number of carbonyl (C=O) groups excluding carboxylic acids is 1. The van der Waals surface area contributed by atoms with E-state index >= 15 is 0 Å². The minimum Gasteiger partial charge on any atom is -0.425 e. The largest absolute Gasteiger partial charge is 0.459 e. The van der Waals surface area contributed by atoms with Crippen molar-refractivity contribution < 1.29 is 32.6 Å². The second kappa shape index (κ2) is 12.5. The van der Waals surface area contributed by atoms with Gasteiger partial charge < -0.3 is 18.7 Å². The molecule has 0 radical (unpaired) electrons. The van der Waals surface area contributed by atoms with Crippen LogP contribution in [0.15, 0.2) is 64.3 Å². The molecular formula is C24H24Cl2N3O9P. The molecule has 1 fully saturated rings. The van der Waals surface area contributed by atoms with Crippen LogP contribution in [0.5, 0.6) is 11.5 Å². The van der Waals surface area contributed by atoms with E-state index < -0.39 is 50.1 Å². The fourth-order valence-corrected chi connectivity index (χ4v) is 5.14. The second-order valence-electron chi connectivity index (χ2n) is 8.38. The van der Waals surface area contributed by atoms with Gasteiger partial charge in [-0.15, -0.1) is 0 Å². The highest BCUT2D eigenvalue weighted by atomic mass is 35.5. The van der Waals surface area contributed by atoms with Crippen molar-refractivity contribution in [3.8, 4) is 11.5 Å². The average molecular weight is 600 g/mol. The van der Waals surface area contributed by atoms with Crippen molar-refractivity contribution in [1.29, 1.82) is 0 Å². The van der Waals surface area contributed by atoms with Crippen molar-refractivity contribution in [2.45, 2.75) is 32.4 Å². The van der Waals surface area contributed by atoms with Gasteiger partial charge in [0.15, 0.2) is 12.5 Å². The zero-order valence-corrected chi connectivity index (χ0v) is 23.1. The Labute approximate surface area is 232 Å². The molecule has 15 heteroatoms. The molecular weight excluding hydrogens is 576 g/mol. The van der Waals surface area contributed by atoms with E-state index in [2.05, 4.69) is 10.1 Å². The maximum absolute atomic E-state index is 13.7. The molecule has 0 bridgehead atoms. The third-order valence-corrected chi connectivity index (χ3v) is 7.74. The Morgan fingerprint density at radius 3 is 2.64 bits per heavy atom. The van der Waals surface area contributed by atoms with Gasteiger partial charge in [-0.3, -0.25) is 18.9 Å². The number of halogens is 2. The van der Waals surface area contributed by atoms with Crippen molar-refractivity contribution in [3.05, 3.63) is 91.2 Å². The van der Waals surface area contributed by atoms with Crippen molar-refractivity contribution in [2.24, 2.45) is 0 Å². The van der Waals surface area contributed by atoms with Gasteiger partial charge >= 0.3 is 19.4 Å². The Balaban J connectivity index is 1.46. The summed E-state index contributed by atoms with van der Waals surface area (Å²) >= 11 is 12.0. The predicted molar refractivity (Wildman–Crippen MR) is 141 cm³/mol. The molecule has 1 aliphatic rings. The number of hydrogen-bond donors (Lipinski definition) is 2. The zero-order valence-electron chi connectivity index (χ0n) is 20.7. The van der Waals surface area contributed by atoms with Gasteiger partial charge in [-0.2, -0.15) is 5.09 Å². The molecule has 0 amide bonds. The number of carbonyl (C=O) groups is 1. The maximum atomic E-state index is 13.7. The fourth-order valence-electron chi connectivity index (χ4n) is 3.38. The number of aromatic amines is 1. The number of esters is 1. The summed E-state index contributed by atoms with van der Waals surface area (Å²) in [6.45, 7) is 2.49. The molecule has 1 aliphatic heterocycles. The third kappa shape index (κ3) is 7.58. The Morgan fingerprint density at radius 2 is 1.92 bits per heavy atom. The van der Waals surface area contributed by atoms with Crippen LogP contribution in [-0.2, 0) is 23.4 Å². The Hall–Kier alpha value is -2.96. The average Bonchev–Trinajstić information content (AvgIpc) is 3.37. The van der Waals surface area contributed by atoms with Crippen LogP contribution in [0.2, 0.25) is 10.0 Å². The summed E-state index contributed by atoms with van der Waals surface area (Å²) in [4.78, 5) is 38.6. The number of para-hydroxylation sites is 1. The number of benzene rings is 2. The molecule has 3 aromatic rings. The summed E-state index contributed by atoms with van der Waals surface area (Å²) < 4.78 is 42.6. The molecule has 2 N–H and O–H groups in total. The maximum Gasteiger partial charge on any atom is 0.459 e. The van der Waals surface area contributed by atoms with E-state index in [1.807, 2.05) is 0 Å².